The molecule has 1 saturated carbocycles. The van der Waals surface area contributed by atoms with E-state index in [0.29, 0.717) is 18.1 Å². The summed E-state index contributed by atoms with van der Waals surface area (Å²) in [6.45, 7) is 0. The molecule has 0 radical (unpaired) electrons. The largest absolute Gasteiger partial charge is 0.317 e. The Bertz CT molecular complexity index is 108. The molecular formula is C9H24Br3N3. The highest BCUT2D eigenvalue weighted by molar-refractivity contribution is 8.93. The van der Waals surface area contributed by atoms with E-state index in [1.54, 1.807) is 0 Å². The van der Waals surface area contributed by atoms with Crippen LogP contribution in [0.5, 0.6) is 0 Å². The van der Waals surface area contributed by atoms with Crippen LogP contribution in [0.1, 0.15) is 19.3 Å². The van der Waals surface area contributed by atoms with Crippen LogP contribution in [0.25, 0.3) is 0 Å². The smallest absolute Gasteiger partial charge is 0.00936 e. The predicted octanol–water partition coefficient (Wildman–Crippen LogP) is 1.67. The van der Waals surface area contributed by atoms with Crippen LogP contribution in [0.3, 0.4) is 0 Å². The molecule has 0 aliphatic heterocycles. The van der Waals surface area contributed by atoms with Gasteiger partial charge < -0.3 is 16.0 Å². The lowest BCUT2D eigenvalue weighted by Crippen LogP contribution is -2.48. The van der Waals surface area contributed by atoms with Crippen molar-refractivity contribution in [2.24, 2.45) is 0 Å². The van der Waals surface area contributed by atoms with Gasteiger partial charge in [0.05, 0.1) is 0 Å². The van der Waals surface area contributed by atoms with Crippen LogP contribution in [0.4, 0.5) is 0 Å². The molecule has 3 nitrogen and oxygen atoms in total. The molecule has 1 aliphatic carbocycles. The zero-order valence-corrected chi connectivity index (χ0v) is 14.7. The zero-order valence-electron chi connectivity index (χ0n) is 9.58. The minimum absolute atomic E-state index is 0. The van der Waals surface area contributed by atoms with E-state index < -0.39 is 0 Å². The maximum atomic E-state index is 3.35. The Morgan fingerprint density at radius 3 is 0.933 bits per heavy atom. The molecule has 0 saturated heterocycles. The summed E-state index contributed by atoms with van der Waals surface area (Å²) in [5.41, 5.74) is 0. The van der Waals surface area contributed by atoms with E-state index in [1.807, 2.05) is 0 Å². The molecule has 0 unspecified atom stereocenters. The summed E-state index contributed by atoms with van der Waals surface area (Å²) >= 11 is 0. The van der Waals surface area contributed by atoms with E-state index in [2.05, 4.69) is 37.1 Å². The fraction of sp³-hybridized carbons (Fsp3) is 1.00. The van der Waals surface area contributed by atoms with E-state index >= 15 is 0 Å². The standard InChI is InChI=1S/C9H21N3.3BrH/c1-10-7-4-8(11-2)6-9(5-7)12-3;;;/h7-12H,4-6H2,1-3H3;3*1H. The van der Waals surface area contributed by atoms with Crippen LogP contribution in [-0.4, -0.2) is 39.3 Å². The van der Waals surface area contributed by atoms with Crippen molar-refractivity contribution in [2.75, 3.05) is 21.1 Å². The Morgan fingerprint density at radius 2 is 0.800 bits per heavy atom. The van der Waals surface area contributed by atoms with E-state index in [1.165, 1.54) is 19.3 Å². The SMILES string of the molecule is Br.Br.Br.CNC1CC(NC)CC(NC)C1. The minimum atomic E-state index is 0. The van der Waals surface area contributed by atoms with Gasteiger partial charge in [-0.3, -0.25) is 0 Å². The molecule has 0 aromatic rings. The van der Waals surface area contributed by atoms with Gasteiger partial charge in [-0.15, -0.1) is 50.9 Å². The summed E-state index contributed by atoms with van der Waals surface area (Å²) in [4.78, 5) is 0. The highest BCUT2D eigenvalue weighted by Crippen LogP contribution is 2.18. The Hall–Kier alpha value is 1.32. The lowest BCUT2D eigenvalue weighted by atomic mass is 9.87. The predicted molar refractivity (Wildman–Crippen MR) is 83.4 cm³/mol. The van der Waals surface area contributed by atoms with Gasteiger partial charge in [-0.1, -0.05) is 0 Å². The van der Waals surface area contributed by atoms with Gasteiger partial charge in [-0.25, -0.2) is 0 Å². The number of rotatable bonds is 3. The summed E-state index contributed by atoms with van der Waals surface area (Å²) in [7, 11) is 6.15. The van der Waals surface area contributed by atoms with E-state index in [4.69, 9.17) is 0 Å². The Balaban J connectivity index is -0.000000480. The first-order chi connectivity index (χ1) is 5.80. The van der Waals surface area contributed by atoms with E-state index in [0.717, 1.165) is 0 Å². The van der Waals surface area contributed by atoms with Crippen molar-refractivity contribution < 1.29 is 0 Å². The summed E-state index contributed by atoms with van der Waals surface area (Å²) < 4.78 is 0. The van der Waals surface area contributed by atoms with Crippen LogP contribution in [0.2, 0.25) is 0 Å². The molecular weight excluding hydrogens is 390 g/mol. The summed E-state index contributed by atoms with van der Waals surface area (Å²) in [6, 6.07) is 2.02. The van der Waals surface area contributed by atoms with Gasteiger partial charge in [0.25, 0.3) is 0 Å². The number of hydrogen-bond acceptors (Lipinski definition) is 3. The zero-order chi connectivity index (χ0) is 8.97. The second kappa shape index (κ2) is 11.8. The molecule has 0 aromatic heterocycles. The maximum Gasteiger partial charge on any atom is 0.00936 e. The number of nitrogens with one attached hydrogen (secondary N) is 3. The van der Waals surface area contributed by atoms with Gasteiger partial charge in [-0.2, -0.15) is 0 Å². The monoisotopic (exact) mass is 411 g/mol. The van der Waals surface area contributed by atoms with Gasteiger partial charge in [0.1, 0.15) is 0 Å². The molecule has 0 atom stereocenters. The third-order valence-corrected chi connectivity index (χ3v) is 2.93. The summed E-state index contributed by atoms with van der Waals surface area (Å²) in [6.07, 6.45) is 3.77. The van der Waals surface area contributed by atoms with Crippen LogP contribution in [-0.2, 0) is 0 Å². The number of hydrogen-bond donors (Lipinski definition) is 3. The number of halogens is 3. The topological polar surface area (TPSA) is 36.1 Å². The van der Waals surface area contributed by atoms with Crippen LogP contribution >= 0.6 is 50.9 Å². The molecule has 1 aliphatic rings. The Kier molecular flexibility index (Phi) is 17.0. The summed E-state index contributed by atoms with van der Waals surface area (Å²) in [5.74, 6) is 0. The first-order valence-corrected chi connectivity index (χ1v) is 4.82. The van der Waals surface area contributed by atoms with Crippen molar-refractivity contribution in [1.29, 1.82) is 0 Å². The molecule has 6 heteroatoms. The highest BCUT2D eigenvalue weighted by Gasteiger charge is 2.25. The lowest BCUT2D eigenvalue weighted by molar-refractivity contribution is 0.273. The third kappa shape index (κ3) is 7.28. The molecule has 0 spiro atoms. The van der Waals surface area contributed by atoms with Crippen molar-refractivity contribution in [1.82, 2.24) is 16.0 Å². The van der Waals surface area contributed by atoms with Crippen molar-refractivity contribution >= 4 is 50.9 Å². The molecule has 0 amide bonds. The average Bonchev–Trinajstić information content (AvgIpc) is 2.16. The normalized spacial score (nSPS) is 29.4. The molecule has 15 heavy (non-hydrogen) atoms. The van der Waals surface area contributed by atoms with E-state index in [-0.39, 0.29) is 50.9 Å². The fourth-order valence-electron chi connectivity index (χ4n) is 2.03. The summed E-state index contributed by atoms with van der Waals surface area (Å²) in [5, 5.41) is 10.1. The van der Waals surface area contributed by atoms with Crippen molar-refractivity contribution in [3.63, 3.8) is 0 Å². The van der Waals surface area contributed by atoms with Gasteiger partial charge >= 0.3 is 0 Å². The molecule has 0 bridgehead atoms. The van der Waals surface area contributed by atoms with Crippen LogP contribution in [0.15, 0.2) is 0 Å². The van der Waals surface area contributed by atoms with Crippen molar-refractivity contribution in [2.45, 2.75) is 37.4 Å². The quantitative estimate of drug-likeness (QED) is 0.658. The van der Waals surface area contributed by atoms with Crippen molar-refractivity contribution in [3.05, 3.63) is 0 Å². The van der Waals surface area contributed by atoms with Gasteiger partial charge in [0.15, 0.2) is 0 Å². The first-order valence-electron chi connectivity index (χ1n) is 4.82. The molecule has 96 valence electrons. The highest BCUT2D eigenvalue weighted by atomic mass is 79.9. The van der Waals surface area contributed by atoms with Gasteiger partial charge in [0, 0.05) is 18.1 Å². The molecule has 3 N–H and O–H groups in total. The maximum absolute atomic E-state index is 3.35. The second-order valence-electron chi connectivity index (χ2n) is 3.66. The van der Waals surface area contributed by atoms with Gasteiger partial charge in [-0.05, 0) is 40.4 Å². The fourth-order valence-corrected chi connectivity index (χ4v) is 2.03. The molecule has 0 heterocycles. The van der Waals surface area contributed by atoms with E-state index in [9.17, 15) is 0 Å². The Morgan fingerprint density at radius 1 is 0.600 bits per heavy atom. The Labute approximate surface area is 125 Å². The lowest BCUT2D eigenvalue weighted by Gasteiger charge is -2.34. The molecule has 0 aromatic carbocycles. The second-order valence-corrected chi connectivity index (χ2v) is 3.66. The first kappa shape index (κ1) is 21.6. The molecule has 1 rings (SSSR count). The minimum Gasteiger partial charge on any atom is -0.317 e. The molecule has 1 fully saturated rings. The average molecular weight is 414 g/mol. The third-order valence-electron chi connectivity index (χ3n) is 2.93. The van der Waals surface area contributed by atoms with Crippen molar-refractivity contribution in [3.8, 4) is 0 Å². The van der Waals surface area contributed by atoms with Crippen LogP contribution in [0, 0.1) is 0 Å². The van der Waals surface area contributed by atoms with Crippen LogP contribution < -0.4 is 16.0 Å². The van der Waals surface area contributed by atoms with Gasteiger partial charge in [0.2, 0.25) is 0 Å².